The van der Waals surface area contributed by atoms with Crippen LogP contribution in [0.2, 0.25) is 0 Å². The fraction of sp³-hybridized carbons (Fsp3) is 0.600. The van der Waals surface area contributed by atoms with Crippen LogP contribution in [0.5, 0.6) is 0 Å². The maximum atomic E-state index is 14.1. The van der Waals surface area contributed by atoms with E-state index < -0.39 is 0 Å². The van der Waals surface area contributed by atoms with E-state index in [4.69, 9.17) is 0 Å². The molecule has 1 nitrogen and oxygen atoms in total. The highest BCUT2D eigenvalue weighted by atomic mass is 79.9. The van der Waals surface area contributed by atoms with Crippen molar-refractivity contribution in [3.63, 3.8) is 0 Å². The second-order valence-corrected chi connectivity index (χ2v) is 5.67. The molecule has 18 heavy (non-hydrogen) atoms. The highest BCUT2D eigenvalue weighted by Gasteiger charge is 2.18. The molecule has 1 aliphatic heterocycles. The first kappa shape index (κ1) is 13.9. The molecule has 0 bridgehead atoms. The first-order valence-electron chi connectivity index (χ1n) is 6.84. The standard InChI is InChI=1S/C15H21BrFN/c1-2-12-4-3-8-18(9-7-12)15-6-5-13(11-16)10-14(15)17/h5-6,10,12H,2-4,7-9,11H2,1H3. The van der Waals surface area contributed by atoms with Crippen molar-refractivity contribution in [2.24, 2.45) is 5.92 Å². The van der Waals surface area contributed by atoms with E-state index in [1.807, 2.05) is 12.1 Å². The van der Waals surface area contributed by atoms with Gasteiger partial charge in [0.2, 0.25) is 0 Å². The van der Waals surface area contributed by atoms with E-state index in [9.17, 15) is 4.39 Å². The molecule has 1 aromatic carbocycles. The van der Waals surface area contributed by atoms with Crippen molar-refractivity contribution in [3.8, 4) is 0 Å². The van der Waals surface area contributed by atoms with E-state index in [1.165, 1.54) is 25.7 Å². The minimum Gasteiger partial charge on any atom is -0.369 e. The lowest BCUT2D eigenvalue weighted by Crippen LogP contribution is -2.25. The highest BCUT2D eigenvalue weighted by molar-refractivity contribution is 9.08. The number of hydrogen-bond donors (Lipinski definition) is 0. The van der Waals surface area contributed by atoms with Gasteiger partial charge in [-0.05, 0) is 42.9 Å². The molecule has 100 valence electrons. The van der Waals surface area contributed by atoms with Gasteiger partial charge in [0.25, 0.3) is 0 Å². The minimum atomic E-state index is -0.0816. The third kappa shape index (κ3) is 3.25. The zero-order valence-corrected chi connectivity index (χ0v) is 12.5. The Morgan fingerprint density at radius 2 is 2.17 bits per heavy atom. The van der Waals surface area contributed by atoms with Gasteiger partial charge in [-0.1, -0.05) is 35.3 Å². The normalized spacial score (nSPS) is 20.8. The van der Waals surface area contributed by atoms with Crippen LogP contribution in [0.4, 0.5) is 10.1 Å². The van der Waals surface area contributed by atoms with E-state index in [1.54, 1.807) is 6.07 Å². The zero-order chi connectivity index (χ0) is 13.0. The van der Waals surface area contributed by atoms with E-state index in [-0.39, 0.29) is 5.82 Å². The molecule has 1 aromatic rings. The third-order valence-corrected chi connectivity index (χ3v) is 4.58. The highest BCUT2D eigenvalue weighted by Crippen LogP contribution is 2.27. The average molecular weight is 314 g/mol. The Morgan fingerprint density at radius 1 is 1.33 bits per heavy atom. The molecule has 0 radical (unpaired) electrons. The molecule has 0 aromatic heterocycles. The summed E-state index contributed by atoms with van der Waals surface area (Å²) < 4.78 is 14.1. The van der Waals surface area contributed by atoms with Crippen molar-refractivity contribution in [1.29, 1.82) is 0 Å². The summed E-state index contributed by atoms with van der Waals surface area (Å²) >= 11 is 3.36. The lowest BCUT2D eigenvalue weighted by molar-refractivity contribution is 0.459. The van der Waals surface area contributed by atoms with Gasteiger partial charge in [0.1, 0.15) is 5.82 Å². The fourth-order valence-corrected chi connectivity index (χ4v) is 3.05. The number of anilines is 1. The molecular weight excluding hydrogens is 293 g/mol. The quantitative estimate of drug-likeness (QED) is 0.729. The largest absolute Gasteiger partial charge is 0.369 e. The molecule has 1 saturated heterocycles. The van der Waals surface area contributed by atoms with Crippen molar-refractivity contribution in [1.82, 2.24) is 0 Å². The zero-order valence-electron chi connectivity index (χ0n) is 11.0. The number of hydrogen-bond acceptors (Lipinski definition) is 1. The van der Waals surface area contributed by atoms with Gasteiger partial charge in [-0.2, -0.15) is 0 Å². The summed E-state index contributed by atoms with van der Waals surface area (Å²) in [6.07, 6.45) is 4.90. The van der Waals surface area contributed by atoms with Crippen LogP contribution in [-0.4, -0.2) is 13.1 Å². The van der Waals surface area contributed by atoms with Crippen molar-refractivity contribution in [2.75, 3.05) is 18.0 Å². The molecule has 0 spiro atoms. The SMILES string of the molecule is CCC1CCCN(c2ccc(CBr)cc2F)CC1. The van der Waals surface area contributed by atoms with Crippen molar-refractivity contribution in [2.45, 2.75) is 37.9 Å². The maximum Gasteiger partial charge on any atom is 0.146 e. The lowest BCUT2D eigenvalue weighted by atomic mass is 9.98. The van der Waals surface area contributed by atoms with E-state index in [2.05, 4.69) is 27.8 Å². The van der Waals surface area contributed by atoms with Crippen LogP contribution in [0.15, 0.2) is 18.2 Å². The first-order chi connectivity index (χ1) is 8.74. The van der Waals surface area contributed by atoms with E-state index in [0.29, 0.717) is 5.33 Å². The molecule has 0 amide bonds. The first-order valence-corrected chi connectivity index (χ1v) is 7.96. The predicted octanol–water partition coefficient (Wildman–Crippen LogP) is 4.74. The average Bonchev–Trinajstić information content (AvgIpc) is 2.63. The van der Waals surface area contributed by atoms with Crippen molar-refractivity contribution >= 4 is 21.6 Å². The maximum absolute atomic E-state index is 14.1. The minimum absolute atomic E-state index is 0.0816. The summed E-state index contributed by atoms with van der Waals surface area (Å²) in [6.45, 7) is 4.23. The smallest absolute Gasteiger partial charge is 0.146 e. The lowest BCUT2D eigenvalue weighted by Gasteiger charge is -2.23. The molecule has 0 saturated carbocycles. The second-order valence-electron chi connectivity index (χ2n) is 5.11. The Balaban J connectivity index is 2.11. The predicted molar refractivity (Wildman–Crippen MR) is 78.9 cm³/mol. The summed E-state index contributed by atoms with van der Waals surface area (Å²) in [5.41, 5.74) is 1.77. The molecular formula is C15H21BrFN. The van der Waals surface area contributed by atoms with Crippen LogP contribution in [0.1, 0.15) is 38.2 Å². The Morgan fingerprint density at radius 3 is 2.83 bits per heavy atom. The Labute approximate surface area is 118 Å². The fourth-order valence-electron chi connectivity index (χ4n) is 2.70. The summed E-state index contributed by atoms with van der Waals surface area (Å²) in [5, 5.41) is 0.710. The molecule has 0 aliphatic carbocycles. The van der Waals surface area contributed by atoms with Gasteiger partial charge in [0.05, 0.1) is 5.69 Å². The van der Waals surface area contributed by atoms with Gasteiger partial charge in [0, 0.05) is 18.4 Å². The molecule has 1 fully saturated rings. The van der Waals surface area contributed by atoms with Gasteiger partial charge < -0.3 is 4.90 Å². The Bertz CT molecular complexity index is 394. The summed E-state index contributed by atoms with van der Waals surface area (Å²) in [7, 11) is 0. The molecule has 0 N–H and O–H groups in total. The van der Waals surface area contributed by atoms with Gasteiger partial charge in [-0.3, -0.25) is 0 Å². The molecule has 1 aliphatic rings. The van der Waals surface area contributed by atoms with E-state index in [0.717, 1.165) is 30.3 Å². The molecule has 1 heterocycles. The van der Waals surface area contributed by atoms with Crippen molar-refractivity contribution < 1.29 is 4.39 Å². The van der Waals surface area contributed by atoms with Crippen LogP contribution in [-0.2, 0) is 5.33 Å². The van der Waals surface area contributed by atoms with Gasteiger partial charge in [0.15, 0.2) is 0 Å². The Hall–Kier alpha value is -0.570. The molecule has 1 atom stereocenters. The topological polar surface area (TPSA) is 3.24 Å². The number of nitrogens with zero attached hydrogens (tertiary/aromatic N) is 1. The van der Waals surface area contributed by atoms with Gasteiger partial charge in [-0.15, -0.1) is 0 Å². The second kappa shape index (κ2) is 6.55. The Kier molecular flexibility index (Phi) is 5.04. The molecule has 2 rings (SSSR count). The summed E-state index contributed by atoms with van der Waals surface area (Å²) in [5.74, 6) is 0.738. The number of benzene rings is 1. The summed E-state index contributed by atoms with van der Waals surface area (Å²) in [6, 6.07) is 5.58. The number of alkyl halides is 1. The van der Waals surface area contributed by atoms with Gasteiger partial charge >= 0.3 is 0 Å². The van der Waals surface area contributed by atoms with Crippen LogP contribution in [0, 0.1) is 11.7 Å². The van der Waals surface area contributed by atoms with Crippen LogP contribution in [0.25, 0.3) is 0 Å². The van der Waals surface area contributed by atoms with E-state index >= 15 is 0 Å². The summed E-state index contributed by atoms with van der Waals surface area (Å²) in [4.78, 5) is 2.21. The van der Waals surface area contributed by atoms with Crippen molar-refractivity contribution in [3.05, 3.63) is 29.6 Å². The third-order valence-electron chi connectivity index (χ3n) is 3.93. The number of halogens is 2. The van der Waals surface area contributed by atoms with Crippen LogP contribution in [0.3, 0.4) is 0 Å². The molecule has 3 heteroatoms. The van der Waals surface area contributed by atoms with Gasteiger partial charge in [-0.25, -0.2) is 4.39 Å². The molecule has 1 unspecified atom stereocenters. The van der Waals surface area contributed by atoms with Crippen LogP contribution < -0.4 is 4.90 Å². The number of rotatable bonds is 3. The monoisotopic (exact) mass is 313 g/mol. The van der Waals surface area contributed by atoms with Crippen LogP contribution >= 0.6 is 15.9 Å².